The quantitative estimate of drug-likeness (QED) is 0.794. The van der Waals surface area contributed by atoms with Crippen LogP contribution in [0.15, 0.2) is 23.1 Å². The highest BCUT2D eigenvalue weighted by Gasteiger charge is 2.16. The van der Waals surface area contributed by atoms with Crippen molar-refractivity contribution in [1.29, 1.82) is 0 Å². The lowest BCUT2D eigenvalue weighted by molar-refractivity contribution is 0.202. The second-order valence-electron chi connectivity index (χ2n) is 3.47. The molecule has 2 N–H and O–H groups in total. The van der Waals surface area contributed by atoms with E-state index in [0.717, 1.165) is 0 Å². The Bertz CT molecular complexity index is 381. The van der Waals surface area contributed by atoms with Gasteiger partial charge in [0.2, 0.25) is 0 Å². The zero-order chi connectivity index (χ0) is 12.1. The van der Waals surface area contributed by atoms with E-state index >= 15 is 0 Å². The minimum absolute atomic E-state index is 0.0978. The van der Waals surface area contributed by atoms with E-state index in [-0.39, 0.29) is 5.25 Å². The summed E-state index contributed by atoms with van der Waals surface area (Å²) >= 11 is 0. The molecule has 1 aromatic rings. The summed E-state index contributed by atoms with van der Waals surface area (Å²) in [5.74, 6) is 0.655. The van der Waals surface area contributed by atoms with Gasteiger partial charge >= 0.3 is 0 Å². The molecule has 0 saturated carbocycles. The lowest BCUT2D eigenvalue weighted by Crippen LogP contribution is -2.18. The van der Waals surface area contributed by atoms with Gasteiger partial charge in [-0.2, -0.15) is 0 Å². The van der Waals surface area contributed by atoms with Gasteiger partial charge in [0.1, 0.15) is 5.75 Å². The van der Waals surface area contributed by atoms with Crippen LogP contribution in [-0.2, 0) is 15.5 Å². The molecular weight excluding hydrogens is 226 g/mol. The SMILES string of the molecule is COCC(C)S(=O)c1cc(OC)ccc1N. The smallest absolute Gasteiger partial charge is 0.120 e. The van der Waals surface area contributed by atoms with E-state index in [1.54, 1.807) is 32.4 Å². The van der Waals surface area contributed by atoms with E-state index in [1.165, 1.54) is 0 Å². The molecule has 1 aromatic carbocycles. The second kappa shape index (κ2) is 5.86. The number of ether oxygens (including phenoxy) is 2. The molecule has 0 bridgehead atoms. The molecule has 0 amide bonds. The maximum Gasteiger partial charge on any atom is 0.120 e. The summed E-state index contributed by atoms with van der Waals surface area (Å²) in [6.45, 7) is 2.29. The van der Waals surface area contributed by atoms with Crippen molar-refractivity contribution in [3.8, 4) is 5.75 Å². The maximum atomic E-state index is 12.1. The topological polar surface area (TPSA) is 61.5 Å². The van der Waals surface area contributed by atoms with Crippen molar-refractivity contribution in [3.05, 3.63) is 18.2 Å². The molecule has 4 nitrogen and oxygen atoms in total. The molecule has 2 atom stereocenters. The summed E-state index contributed by atoms with van der Waals surface area (Å²) in [6, 6.07) is 5.15. The number of rotatable bonds is 5. The molecule has 0 aromatic heterocycles. The van der Waals surface area contributed by atoms with Gasteiger partial charge in [-0.1, -0.05) is 0 Å². The predicted molar refractivity (Wildman–Crippen MR) is 65.2 cm³/mol. The van der Waals surface area contributed by atoms with Crippen molar-refractivity contribution in [3.63, 3.8) is 0 Å². The number of methoxy groups -OCH3 is 2. The van der Waals surface area contributed by atoms with Crippen LogP contribution in [0.25, 0.3) is 0 Å². The van der Waals surface area contributed by atoms with Crippen LogP contribution in [0.3, 0.4) is 0 Å². The lowest BCUT2D eigenvalue weighted by atomic mass is 10.3. The molecule has 0 fully saturated rings. The summed E-state index contributed by atoms with van der Waals surface area (Å²) < 4.78 is 22.2. The number of benzene rings is 1. The van der Waals surface area contributed by atoms with Crippen LogP contribution in [0.1, 0.15) is 6.92 Å². The van der Waals surface area contributed by atoms with Gasteiger partial charge in [0.05, 0.1) is 34.7 Å². The van der Waals surface area contributed by atoms with Gasteiger partial charge in [0.25, 0.3) is 0 Å². The summed E-state index contributed by atoms with van der Waals surface area (Å²) in [6.07, 6.45) is 0. The Morgan fingerprint density at radius 2 is 2.12 bits per heavy atom. The first-order chi connectivity index (χ1) is 7.60. The standard InChI is InChI=1S/C11H17NO3S/c1-8(7-14-2)16(13)11-6-9(15-3)4-5-10(11)12/h4-6,8H,7,12H2,1-3H3. The maximum absolute atomic E-state index is 12.1. The van der Waals surface area contributed by atoms with Crippen molar-refractivity contribution in [2.24, 2.45) is 0 Å². The molecule has 0 aliphatic carbocycles. The average molecular weight is 243 g/mol. The molecule has 16 heavy (non-hydrogen) atoms. The molecule has 0 spiro atoms. The van der Waals surface area contributed by atoms with Gasteiger partial charge in [-0.15, -0.1) is 0 Å². The van der Waals surface area contributed by atoms with Crippen LogP contribution in [0.2, 0.25) is 0 Å². The van der Waals surface area contributed by atoms with Gasteiger partial charge < -0.3 is 15.2 Å². The molecular formula is C11H17NO3S. The van der Waals surface area contributed by atoms with Crippen molar-refractivity contribution >= 4 is 16.5 Å². The number of anilines is 1. The highest BCUT2D eigenvalue weighted by Crippen LogP contribution is 2.24. The van der Waals surface area contributed by atoms with E-state index in [0.29, 0.717) is 22.9 Å². The number of hydrogen-bond donors (Lipinski definition) is 1. The van der Waals surface area contributed by atoms with Crippen LogP contribution < -0.4 is 10.5 Å². The Balaban J connectivity index is 2.97. The van der Waals surface area contributed by atoms with Crippen LogP contribution in [-0.4, -0.2) is 30.3 Å². The Labute approximate surface area is 98.2 Å². The first-order valence-corrected chi connectivity index (χ1v) is 6.14. The van der Waals surface area contributed by atoms with Gasteiger partial charge in [0, 0.05) is 12.8 Å². The van der Waals surface area contributed by atoms with Gasteiger partial charge in [-0.05, 0) is 25.1 Å². The monoisotopic (exact) mass is 243 g/mol. The molecule has 0 aliphatic heterocycles. The molecule has 2 unspecified atom stereocenters. The Kier molecular flexibility index (Phi) is 4.76. The van der Waals surface area contributed by atoms with Crippen molar-refractivity contribution in [2.45, 2.75) is 17.1 Å². The fourth-order valence-corrected chi connectivity index (χ4v) is 2.55. The number of hydrogen-bond acceptors (Lipinski definition) is 4. The van der Waals surface area contributed by atoms with Crippen LogP contribution in [0, 0.1) is 0 Å². The van der Waals surface area contributed by atoms with Crippen LogP contribution in [0.5, 0.6) is 5.75 Å². The normalized spacial score (nSPS) is 14.4. The first-order valence-electron chi connectivity index (χ1n) is 4.93. The van der Waals surface area contributed by atoms with Crippen molar-refractivity contribution in [1.82, 2.24) is 0 Å². The summed E-state index contributed by atoms with van der Waals surface area (Å²) in [4.78, 5) is 0.601. The molecule has 0 heterocycles. The Morgan fingerprint density at radius 3 is 2.69 bits per heavy atom. The highest BCUT2D eigenvalue weighted by molar-refractivity contribution is 7.85. The van der Waals surface area contributed by atoms with E-state index in [2.05, 4.69) is 0 Å². The minimum atomic E-state index is -1.18. The first kappa shape index (κ1) is 13.0. The lowest BCUT2D eigenvalue weighted by Gasteiger charge is -2.13. The molecule has 0 saturated heterocycles. The number of nitrogens with two attached hydrogens (primary N) is 1. The molecule has 0 aliphatic rings. The summed E-state index contributed by atoms with van der Waals surface area (Å²) in [5.41, 5.74) is 6.31. The Morgan fingerprint density at radius 1 is 1.44 bits per heavy atom. The third kappa shape index (κ3) is 2.96. The van der Waals surface area contributed by atoms with E-state index in [1.807, 2.05) is 6.92 Å². The third-order valence-electron chi connectivity index (χ3n) is 2.20. The van der Waals surface area contributed by atoms with E-state index in [9.17, 15) is 4.21 Å². The minimum Gasteiger partial charge on any atom is -0.497 e. The highest BCUT2D eigenvalue weighted by atomic mass is 32.2. The largest absolute Gasteiger partial charge is 0.497 e. The average Bonchev–Trinajstić information content (AvgIpc) is 2.29. The fraction of sp³-hybridized carbons (Fsp3) is 0.455. The van der Waals surface area contributed by atoms with Crippen molar-refractivity contribution in [2.75, 3.05) is 26.6 Å². The van der Waals surface area contributed by atoms with E-state index in [4.69, 9.17) is 15.2 Å². The van der Waals surface area contributed by atoms with E-state index < -0.39 is 10.8 Å². The zero-order valence-corrected chi connectivity index (χ0v) is 10.5. The predicted octanol–water partition coefficient (Wildman–Crippen LogP) is 1.42. The zero-order valence-electron chi connectivity index (χ0n) is 9.73. The number of nitrogen functional groups attached to an aromatic ring is 1. The Hall–Kier alpha value is -1.07. The van der Waals surface area contributed by atoms with Crippen molar-refractivity contribution < 1.29 is 13.7 Å². The molecule has 0 radical (unpaired) electrons. The molecule has 1 rings (SSSR count). The van der Waals surface area contributed by atoms with Gasteiger partial charge in [-0.3, -0.25) is 4.21 Å². The molecule has 5 heteroatoms. The third-order valence-corrected chi connectivity index (χ3v) is 3.86. The summed E-state index contributed by atoms with van der Waals surface area (Å²) in [7, 11) is 1.97. The van der Waals surface area contributed by atoms with Crippen LogP contribution >= 0.6 is 0 Å². The molecule has 90 valence electrons. The summed E-state index contributed by atoms with van der Waals surface area (Å²) in [5, 5.41) is -0.0978. The second-order valence-corrected chi connectivity index (χ2v) is 5.31. The van der Waals surface area contributed by atoms with Gasteiger partial charge in [-0.25, -0.2) is 0 Å². The fourth-order valence-electron chi connectivity index (χ4n) is 1.33. The van der Waals surface area contributed by atoms with Crippen LogP contribution in [0.4, 0.5) is 5.69 Å². The van der Waals surface area contributed by atoms with Gasteiger partial charge in [0.15, 0.2) is 0 Å².